The van der Waals surface area contributed by atoms with Gasteiger partial charge in [0.2, 0.25) is 0 Å². The Bertz CT molecular complexity index is 1040. The summed E-state index contributed by atoms with van der Waals surface area (Å²) in [5.41, 5.74) is 2.64. The van der Waals surface area contributed by atoms with Crippen molar-refractivity contribution in [3.05, 3.63) is 90.3 Å². The van der Waals surface area contributed by atoms with Crippen molar-refractivity contribution in [1.82, 2.24) is 14.7 Å². The van der Waals surface area contributed by atoms with E-state index >= 15 is 0 Å². The van der Waals surface area contributed by atoms with Crippen LogP contribution in [-0.2, 0) is 17.1 Å². The number of nitrogens with one attached hydrogen (secondary N) is 1. The van der Waals surface area contributed by atoms with Crippen LogP contribution in [0.2, 0.25) is 0 Å². The predicted molar refractivity (Wildman–Crippen MR) is 117 cm³/mol. The van der Waals surface area contributed by atoms with E-state index in [9.17, 15) is 4.79 Å². The third-order valence-electron chi connectivity index (χ3n) is 4.49. The van der Waals surface area contributed by atoms with Gasteiger partial charge in [-0.05, 0) is 55.0 Å². The van der Waals surface area contributed by atoms with Crippen LogP contribution < -0.4 is 5.32 Å². The summed E-state index contributed by atoms with van der Waals surface area (Å²) in [6, 6.07) is 17.3. The first-order valence-electron chi connectivity index (χ1n) is 9.82. The van der Waals surface area contributed by atoms with Crippen LogP contribution in [0.15, 0.2) is 82.6 Å². The van der Waals surface area contributed by atoms with Gasteiger partial charge in [0.25, 0.3) is 5.91 Å². The minimum Gasteiger partial charge on any atom is -0.467 e. The largest absolute Gasteiger partial charge is 0.467 e. The molecule has 0 aliphatic rings. The third-order valence-corrected chi connectivity index (χ3v) is 5.54. The van der Waals surface area contributed by atoms with Crippen molar-refractivity contribution in [1.29, 1.82) is 0 Å². The number of aromatic nitrogens is 2. The fourth-order valence-corrected chi connectivity index (χ4v) is 3.74. The highest BCUT2D eigenvalue weighted by Gasteiger charge is 2.06. The molecule has 154 valence electrons. The van der Waals surface area contributed by atoms with Gasteiger partial charge in [0.05, 0.1) is 12.0 Å². The lowest BCUT2D eigenvalue weighted by Crippen LogP contribution is -2.25. The molecule has 3 heterocycles. The Morgan fingerprint density at radius 3 is 2.83 bits per heavy atom. The second kappa shape index (κ2) is 10.1. The number of nitrogens with zero attached hydrogens (tertiary/aromatic N) is 2. The van der Waals surface area contributed by atoms with Crippen molar-refractivity contribution in [2.45, 2.75) is 23.7 Å². The van der Waals surface area contributed by atoms with Crippen molar-refractivity contribution in [2.75, 3.05) is 13.2 Å². The molecule has 1 N–H and O–H groups in total. The van der Waals surface area contributed by atoms with E-state index < -0.39 is 0 Å². The van der Waals surface area contributed by atoms with E-state index in [-0.39, 0.29) is 5.91 Å². The average Bonchev–Trinajstić information content (AvgIpc) is 3.44. The first kappa shape index (κ1) is 20.3. The topological polar surface area (TPSA) is 68.8 Å². The van der Waals surface area contributed by atoms with Crippen molar-refractivity contribution in [3.63, 3.8) is 0 Å². The summed E-state index contributed by atoms with van der Waals surface area (Å²) in [4.78, 5) is 18.0. The second-order valence-electron chi connectivity index (χ2n) is 6.75. The minimum absolute atomic E-state index is 0.0714. The molecular formula is C23H23N3O3S. The molecule has 0 atom stereocenters. The monoisotopic (exact) mass is 421 g/mol. The van der Waals surface area contributed by atoms with Crippen molar-refractivity contribution >= 4 is 23.3 Å². The van der Waals surface area contributed by atoms with E-state index in [1.54, 1.807) is 18.0 Å². The van der Waals surface area contributed by atoms with Gasteiger partial charge in [-0.3, -0.25) is 4.79 Å². The zero-order chi connectivity index (χ0) is 20.6. The Kier molecular flexibility index (Phi) is 6.84. The molecule has 0 aliphatic heterocycles. The number of rotatable bonds is 10. The van der Waals surface area contributed by atoms with Crippen molar-refractivity contribution in [3.8, 4) is 0 Å². The van der Waals surface area contributed by atoms with E-state index in [4.69, 9.17) is 9.15 Å². The smallest absolute Gasteiger partial charge is 0.251 e. The number of benzene rings is 1. The number of fused-ring (bicyclic) bond motifs is 1. The Morgan fingerprint density at radius 2 is 2.03 bits per heavy atom. The summed E-state index contributed by atoms with van der Waals surface area (Å²) in [5, 5.41) is 2.92. The van der Waals surface area contributed by atoms with Gasteiger partial charge in [-0.2, -0.15) is 0 Å². The molecule has 4 rings (SSSR count). The Balaban J connectivity index is 1.17. The maximum atomic E-state index is 12.3. The second-order valence-corrected chi connectivity index (χ2v) is 7.80. The number of hydrogen-bond donors (Lipinski definition) is 1. The normalized spacial score (nSPS) is 11.1. The summed E-state index contributed by atoms with van der Waals surface area (Å²) < 4.78 is 12.7. The van der Waals surface area contributed by atoms with Crippen LogP contribution in [0, 0.1) is 0 Å². The van der Waals surface area contributed by atoms with E-state index in [1.165, 1.54) is 0 Å². The fraction of sp³-hybridized carbons (Fsp3) is 0.217. The first-order chi connectivity index (χ1) is 14.8. The number of imidazole rings is 1. The van der Waals surface area contributed by atoms with Gasteiger partial charge in [0, 0.05) is 41.8 Å². The number of furan rings is 1. The van der Waals surface area contributed by atoms with Crippen LogP contribution in [0.25, 0.3) is 5.65 Å². The van der Waals surface area contributed by atoms with Gasteiger partial charge < -0.3 is 18.9 Å². The summed E-state index contributed by atoms with van der Waals surface area (Å²) in [6.45, 7) is 1.59. The zero-order valence-corrected chi connectivity index (χ0v) is 17.3. The lowest BCUT2D eigenvalue weighted by molar-refractivity contribution is 0.0917. The van der Waals surface area contributed by atoms with Crippen LogP contribution in [0.1, 0.15) is 28.2 Å². The molecule has 1 aromatic carbocycles. The van der Waals surface area contributed by atoms with Crippen LogP contribution in [0.3, 0.4) is 0 Å². The lowest BCUT2D eigenvalue weighted by Gasteiger charge is -2.06. The average molecular weight is 422 g/mol. The number of hydrogen-bond acceptors (Lipinski definition) is 5. The molecule has 6 nitrogen and oxygen atoms in total. The Labute approximate surface area is 179 Å². The van der Waals surface area contributed by atoms with Crippen LogP contribution in [-0.4, -0.2) is 28.4 Å². The SMILES string of the molecule is O=C(NCCCOCc1ccco1)c1ccc(SCc2cn3ccccc3n2)cc1. The van der Waals surface area contributed by atoms with E-state index in [2.05, 4.69) is 10.3 Å². The Morgan fingerprint density at radius 1 is 1.13 bits per heavy atom. The third kappa shape index (κ3) is 5.52. The summed E-state index contributed by atoms with van der Waals surface area (Å²) in [5.74, 6) is 1.52. The van der Waals surface area contributed by atoms with Gasteiger partial charge >= 0.3 is 0 Å². The van der Waals surface area contributed by atoms with Crippen LogP contribution >= 0.6 is 11.8 Å². The number of carbonyl (C=O) groups is 1. The van der Waals surface area contributed by atoms with Gasteiger partial charge in [0.1, 0.15) is 18.0 Å². The molecule has 0 saturated carbocycles. The highest BCUT2D eigenvalue weighted by molar-refractivity contribution is 7.98. The summed E-state index contributed by atoms with van der Waals surface area (Å²) in [7, 11) is 0. The Hall–Kier alpha value is -3.03. The van der Waals surface area contributed by atoms with Crippen molar-refractivity contribution < 1.29 is 13.9 Å². The van der Waals surface area contributed by atoms with Gasteiger partial charge in [-0.1, -0.05) is 6.07 Å². The molecule has 3 aromatic heterocycles. The quantitative estimate of drug-likeness (QED) is 0.300. The molecule has 30 heavy (non-hydrogen) atoms. The number of ether oxygens (including phenoxy) is 1. The van der Waals surface area contributed by atoms with Gasteiger partial charge in [-0.25, -0.2) is 4.98 Å². The van der Waals surface area contributed by atoms with Crippen LogP contribution in [0.4, 0.5) is 0 Å². The fourth-order valence-electron chi connectivity index (χ4n) is 2.96. The van der Waals surface area contributed by atoms with Crippen molar-refractivity contribution in [2.24, 2.45) is 0 Å². The molecule has 0 saturated heterocycles. The summed E-state index contributed by atoms with van der Waals surface area (Å²) in [6.07, 6.45) is 6.42. The molecule has 0 aliphatic carbocycles. The predicted octanol–water partition coefficient (Wildman–Crippen LogP) is 4.56. The molecule has 7 heteroatoms. The minimum atomic E-state index is -0.0714. The highest BCUT2D eigenvalue weighted by Crippen LogP contribution is 2.23. The molecule has 0 radical (unpaired) electrons. The molecule has 0 unspecified atom stereocenters. The number of pyridine rings is 1. The zero-order valence-electron chi connectivity index (χ0n) is 16.5. The maximum absolute atomic E-state index is 12.3. The summed E-state index contributed by atoms with van der Waals surface area (Å²) >= 11 is 1.70. The molecular weight excluding hydrogens is 398 g/mol. The first-order valence-corrected chi connectivity index (χ1v) is 10.8. The number of thioether (sulfide) groups is 1. The maximum Gasteiger partial charge on any atom is 0.251 e. The lowest BCUT2D eigenvalue weighted by atomic mass is 10.2. The standard InChI is InChI=1S/C23H23N3O3S/c27-23(24-11-4-13-28-16-20-5-3-14-29-20)18-7-9-21(10-8-18)30-17-19-15-26-12-2-1-6-22(26)25-19/h1-3,5-10,12,14-15H,4,11,13,16-17H2,(H,24,27). The molecule has 4 aromatic rings. The molecule has 0 spiro atoms. The highest BCUT2D eigenvalue weighted by atomic mass is 32.2. The van der Waals surface area contributed by atoms with E-state index in [0.29, 0.717) is 25.3 Å². The van der Waals surface area contributed by atoms with E-state index in [0.717, 1.165) is 34.2 Å². The van der Waals surface area contributed by atoms with Crippen LogP contribution in [0.5, 0.6) is 0 Å². The molecule has 0 bridgehead atoms. The number of carbonyl (C=O) groups excluding carboxylic acids is 1. The molecule has 1 amide bonds. The molecule has 0 fully saturated rings. The number of amides is 1. The van der Waals surface area contributed by atoms with E-state index in [1.807, 2.05) is 71.4 Å². The van der Waals surface area contributed by atoms with Gasteiger partial charge in [0.15, 0.2) is 0 Å². The van der Waals surface area contributed by atoms with Gasteiger partial charge in [-0.15, -0.1) is 11.8 Å².